The van der Waals surface area contributed by atoms with Gasteiger partial charge < -0.3 is 19.3 Å². The SMILES string of the molecule is COC(=O)[C@]1(Cc2ccccc2Br)N=C(c2ccc(OCCCO)cc2)O[C@@H]1c1ccc(-c2ccccc2)cc1. The number of carbonyl (C=O) groups excluding carboxylic acids is 1. The van der Waals surface area contributed by atoms with Crippen molar-refractivity contribution in [3.05, 3.63) is 124 Å². The van der Waals surface area contributed by atoms with Crippen molar-refractivity contribution in [1.82, 2.24) is 0 Å². The van der Waals surface area contributed by atoms with Crippen molar-refractivity contribution in [3.8, 4) is 16.9 Å². The summed E-state index contributed by atoms with van der Waals surface area (Å²) in [5.41, 5.74) is 3.28. The van der Waals surface area contributed by atoms with Crippen molar-refractivity contribution in [1.29, 1.82) is 0 Å². The Balaban J connectivity index is 1.54. The van der Waals surface area contributed by atoms with Gasteiger partial charge in [0, 0.05) is 29.5 Å². The van der Waals surface area contributed by atoms with Crippen molar-refractivity contribution >= 4 is 27.8 Å². The Morgan fingerprint density at radius 2 is 1.55 bits per heavy atom. The molecule has 4 aromatic rings. The van der Waals surface area contributed by atoms with Gasteiger partial charge in [-0.25, -0.2) is 9.79 Å². The fourth-order valence-corrected chi connectivity index (χ4v) is 5.27. The largest absolute Gasteiger partial charge is 0.494 e. The van der Waals surface area contributed by atoms with Gasteiger partial charge in [-0.2, -0.15) is 0 Å². The van der Waals surface area contributed by atoms with E-state index in [0.717, 1.165) is 32.3 Å². The zero-order chi connectivity index (χ0) is 28.0. The normalized spacial score (nSPS) is 18.1. The van der Waals surface area contributed by atoms with E-state index in [-0.39, 0.29) is 13.0 Å². The summed E-state index contributed by atoms with van der Waals surface area (Å²) >= 11 is 3.63. The van der Waals surface area contributed by atoms with Gasteiger partial charge in [0.25, 0.3) is 0 Å². The monoisotopic (exact) mass is 599 g/mol. The molecule has 6 nitrogen and oxygen atoms in total. The molecule has 1 aliphatic heterocycles. The number of benzene rings is 4. The highest BCUT2D eigenvalue weighted by atomic mass is 79.9. The topological polar surface area (TPSA) is 77.4 Å². The number of hydrogen-bond acceptors (Lipinski definition) is 6. The Bertz CT molecular complexity index is 1470. The van der Waals surface area contributed by atoms with Crippen LogP contribution in [0, 0.1) is 0 Å². The number of hydrogen-bond donors (Lipinski definition) is 1. The molecule has 0 radical (unpaired) electrons. The Morgan fingerprint density at radius 3 is 2.23 bits per heavy atom. The average Bonchev–Trinajstić information content (AvgIpc) is 3.39. The number of aliphatic hydroxyl groups is 1. The number of rotatable bonds is 10. The summed E-state index contributed by atoms with van der Waals surface area (Å²) in [4.78, 5) is 18.6. The predicted molar refractivity (Wildman–Crippen MR) is 158 cm³/mol. The molecule has 0 spiro atoms. The van der Waals surface area contributed by atoms with Crippen LogP contribution in [-0.2, 0) is 20.7 Å². The maximum Gasteiger partial charge on any atom is 0.338 e. The molecule has 0 unspecified atom stereocenters. The van der Waals surface area contributed by atoms with Crippen LogP contribution in [0.1, 0.15) is 29.2 Å². The van der Waals surface area contributed by atoms with E-state index >= 15 is 0 Å². The smallest absolute Gasteiger partial charge is 0.338 e. The molecule has 0 fully saturated rings. The number of aliphatic hydroxyl groups excluding tert-OH is 1. The minimum atomic E-state index is -1.35. The molecule has 4 aromatic carbocycles. The molecule has 204 valence electrons. The van der Waals surface area contributed by atoms with Crippen LogP contribution in [0.25, 0.3) is 11.1 Å². The molecule has 0 amide bonds. The summed E-state index contributed by atoms with van der Waals surface area (Å²) in [5, 5.41) is 9.01. The maximum atomic E-state index is 13.6. The van der Waals surface area contributed by atoms with Gasteiger partial charge in [0.15, 0.2) is 6.10 Å². The first-order chi connectivity index (χ1) is 19.5. The standard InChI is InChI=1S/C33H30BrNO5/c1-38-32(37)33(22-27-10-5-6-11-29(27)34)30(25-14-12-24(13-15-25)23-8-3-2-4-9-23)40-31(35-33)26-16-18-28(19-17-26)39-21-7-20-36/h2-6,8-19,30,36H,7,20-22H2,1H3/t30-,33-/m1/s1. The van der Waals surface area contributed by atoms with Crippen molar-refractivity contribution in [3.63, 3.8) is 0 Å². The molecule has 1 heterocycles. The van der Waals surface area contributed by atoms with Crippen molar-refractivity contribution in [2.24, 2.45) is 4.99 Å². The van der Waals surface area contributed by atoms with Gasteiger partial charge in [-0.3, -0.25) is 0 Å². The van der Waals surface area contributed by atoms with E-state index in [1.54, 1.807) is 0 Å². The van der Waals surface area contributed by atoms with Gasteiger partial charge in [0.2, 0.25) is 11.4 Å². The third-order valence-electron chi connectivity index (χ3n) is 6.91. The molecule has 5 rings (SSSR count). The molecule has 0 aromatic heterocycles. The predicted octanol–water partition coefficient (Wildman–Crippen LogP) is 6.55. The van der Waals surface area contributed by atoms with Gasteiger partial charge in [-0.1, -0.05) is 88.7 Å². The lowest BCUT2D eigenvalue weighted by Gasteiger charge is -2.29. The molecular formula is C33H30BrNO5. The van der Waals surface area contributed by atoms with Crippen LogP contribution in [-0.4, -0.2) is 42.8 Å². The number of aliphatic imine (C=N–C) groups is 1. The van der Waals surface area contributed by atoms with E-state index in [2.05, 4.69) is 28.1 Å². The minimum absolute atomic E-state index is 0.0730. The second-order valence-corrected chi connectivity index (χ2v) is 10.4. The highest BCUT2D eigenvalue weighted by Gasteiger charge is 2.54. The zero-order valence-electron chi connectivity index (χ0n) is 22.1. The summed E-state index contributed by atoms with van der Waals surface area (Å²) in [6.45, 7) is 0.495. The Hall–Kier alpha value is -3.94. The minimum Gasteiger partial charge on any atom is -0.494 e. The van der Waals surface area contributed by atoms with Crippen molar-refractivity contribution < 1.29 is 24.1 Å². The van der Waals surface area contributed by atoms with Crippen LogP contribution >= 0.6 is 15.9 Å². The molecular weight excluding hydrogens is 570 g/mol. The number of halogens is 1. The number of carbonyl (C=O) groups is 1. The van der Waals surface area contributed by atoms with Gasteiger partial charge >= 0.3 is 5.97 Å². The van der Waals surface area contributed by atoms with Crippen LogP contribution in [0.5, 0.6) is 5.75 Å². The van der Waals surface area contributed by atoms with Gasteiger partial charge in [0.1, 0.15) is 5.75 Å². The lowest BCUT2D eigenvalue weighted by Crippen LogP contribution is -2.44. The fourth-order valence-electron chi connectivity index (χ4n) is 4.85. The van der Waals surface area contributed by atoms with Crippen LogP contribution in [0.3, 0.4) is 0 Å². The quantitative estimate of drug-likeness (QED) is 0.165. The molecule has 1 aliphatic rings. The van der Waals surface area contributed by atoms with E-state index in [1.165, 1.54) is 7.11 Å². The molecule has 0 saturated carbocycles. The van der Waals surface area contributed by atoms with Crippen LogP contribution in [0.4, 0.5) is 0 Å². The van der Waals surface area contributed by atoms with Crippen LogP contribution in [0.2, 0.25) is 0 Å². The fraction of sp³-hybridized carbons (Fsp3) is 0.212. The molecule has 0 saturated heterocycles. The summed E-state index contributed by atoms with van der Waals surface area (Å²) in [6, 6.07) is 33.3. The van der Waals surface area contributed by atoms with Crippen LogP contribution in [0.15, 0.2) is 113 Å². The number of nitrogens with zero attached hydrogens (tertiary/aromatic N) is 1. The number of methoxy groups -OCH3 is 1. The van der Waals surface area contributed by atoms with E-state index in [1.807, 2.05) is 91.0 Å². The first kappa shape index (κ1) is 27.6. The Labute approximate surface area is 242 Å². The summed E-state index contributed by atoms with van der Waals surface area (Å²) in [6.07, 6.45) is 0.115. The second kappa shape index (κ2) is 12.5. The van der Waals surface area contributed by atoms with Crippen LogP contribution < -0.4 is 4.74 Å². The molecule has 2 atom stereocenters. The molecule has 7 heteroatoms. The highest BCUT2D eigenvalue weighted by Crippen LogP contribution is 2.44. The summed E-state index contributed by atoms with van der Waals surface area (Å²) in [7, 11) is 1.38. The first-order valence-electron chi connectivity index (χ1n) is 13.1. The summed E-state index contributed by atoms with van der Waals surface area (Å²) < 4.78 is 18.4. The summed E-state index contributed by atoms with van der Waals surface area (Å²) in [5.74, 6) is 0.562. The third-order valence-corrected chi connectivity index (χ3v) is 7.69. The molecule has 0 aliphatic carbocycles. The van der Waals surface area contributed by atoms with Crippen molar-refractivity contribution in [2.45, 2.75) is 24.5 Å². The maximum absolute atomic E-state index is 13.6. The Kier molecular flexibility index (Phi) is 8.63. The molecule has 0 bridgehead atoms. The molecule has 40 heavy (non-hydrogen) atoms. The molecule has 1 N–H and O–H groups in total. The average molecular weight is 601 g/mol. The first-order valence-corrected chi connectivity index (χ1v) is 13.9. The second-order valence-electron chi connectivity index (χ2n) is 9.54. The number of ether oxygens (including phenoxy) is 3. The van der Waals surface area contributed by atoms with Gasteiger partial charge in [-0.15, -0.1) is 0 Å². The van der Waals surface area contributed by atoms with E-state index in [9.17, 15) is 4.79 Å². The zero-order valence-corrected chi connectivity index (χ0v) is 23.7. The Morgan fingerprint density at radius 1 is 0.900 bits per heavy atom. The van der Waals surface area contributed by atoms with Crippen molar-refractivity contribution in [2.75, 3.05) is 20.3 Å². The highest BCUT2D eigenvalue weighted by molar-refractivity contribution is 9.10. The third kappa shape index (κ3) is 5.81. The van der Waals surface area contributed by atoms with E-state index < -0.39 is 17.6 Å². The van der Waals surface area contributed by atoms with E-state index in [0.29, 0.717) is 24.7 Å². The van der Waals surface area contributed by atoms with E-state index in [4.69, 9.17) is 24.3 Å². The van der Waals surface area contributed by atoms with Gasteiger partial charge in [0.05, 0.1) is 13.7 Å². The lowest BCUT2D eigenvalue weighted by molar-refractivity contribution is -0.150. The number of esters is 1. The lowest BCUT2D eigenvalue weighted by atomic mass is 9.82. The van der Waals surface area contributed by atoms with Gasteiger partial charge in [-0.05, 0) is 52.6 Å².